The molecule has 1 aromatic heterocycles. The Morgan fingerprint density at radius 3 is 2.68 bits per heavy atom. The Morgan fingerprint density at radius 2 is 1.95 bits per heavy atom. The minimum Gasteiger partial charge on any atom is -0.376 e. The van der Waals surface area contributed by atoms with E-state index in [1.807, 2.05) is 18.2 Å². The van der Waals surface area contributed by atoms with Crippen LogP contribution in [0.4, 0.5) is 4.39 Å². The summed E-state index contributed by atoms with van der Waals surface area (Å²) in [5.74, 6) is -0.261. The summed E-state index contributed by atoms with van der Waals surface area (Å²) in [7, 11) is 0. The fourth-order valence-electron chi connectivity index (χ4n) is 1.81. The van der Waals surface area contributed by atoms with E-state index in [2.05, 4.69) is 4.98 Å². The minimum atomic E-state index is -0.261. The van der Waals surface area contributed by atoms with E-state index in [1.165, 1.54) is 0 Å². The first-order valence-corrected chi connectivity index (χ1v) is 6.25. The molecule has 100 valence electrons. The van der Waals surface area contributed by atoms with Gasteiger partial charge in [0.1, 0.15) is 5.82 Å². The molecule has 0 atom stereocenters. The third-order valence-corrected chi connectivity index (χ3v) is 2.86. The van der Waals surface area contributed by atoms with Gasteiger partial charge in [0.15, 0.2) is 0 Å². The standard InChI is InChI=1S/C15H17FN2O/c16-15-12(10-17)4-3-5-13(15)11-19-9-7-14-6-1-2-8-18-14/h1-6,8H,7,9-11,17H2. The number of benzene rings is 1. The van der Waals surface area contributed by atoms with Crippen molar-refractivity contribution >= 4 is 0 Å². The van der Waals surface area contributed by atoms with Crippen LogP contribution in [0.15, 0.2) is 42.6 Å². The predicted molar refractivity (Wildman–Crippen MR) is 71.9 cm³/mol. The maximum absolute atomic E-state index is 13.9. The molecular weight excluding hydrogens is 243 g/mol. The average molecular weight is 260 g/mol. The number of nitrogens with zero attached hydrogens (tertiary/aromatic N) is 1. The van der Waals surface area contributed by atoms with E-state index < -0.39 is 0 Å². The van der Waals surface area contributed by atoms with Gasteiger partial charge in [0, 0.05) is 36.0 Å². The topological polar surface area (TPSA) is 48.1 Å². The van der Waals surface area contributed by atoms with Crippen LogP contribution in [0.1, 0.15) is 16.8 Å². The molecule has 0 bridgehead atoms. The highest BCUT2D eigenvalue weighted by atomic mass is 19.1. The zero-order chi connectivity index (χ0) is 13.5. The molecule has 2 N–H and O–H groups in total. The minimum absolute atomic E-state index is 0.202. The molecule has 0 amide bonds. The molecule has 0 aliphatic rings. The fraction of sp³-hybridized carbons (Fsp3) is 0.267. The summed E-state index contributed by atoms with van der Waals surface area (Å²) in [5.41, 5.74) is 7.50. The molecule has 2 aromatic rings. The van der Waals surface area contributed by atoms with Crippen LogP contribution in [0, 0.1) is 5.82 Å². The smallest absolute Gasteiger partial charge is 0.133 e. The number of halogens is 1. The molecule has 0 aliphatic carbocycles. The van der Waals surface area contributed by atoms with Gasteiger partial charge in [-0.05, 0) is 12.1 Å². The summed E-state index contributed by atoms with van der Waals surface area (Å²) in [6.45, 7) is 0.976. The van der Waals surface area contributed by atoms with Crippen LogP contribution in [0.5, 0.6) is 0 Å². The Bertz CT molecular complexity index is 517. The van der Waals surface area contributed by atoms with Crippen molar-refractivity contribution in [2.45, 2.75) is 19.6 Å². The van der Waals surface area contributed by atoms with E-state index in [1.54, 1.807) is 24.4 Å². The zero-order valence-electron chi connectivity index (χ0n) is 10.7. The van der Waals surface area contributed by atoms with Crippen molar-refractivity contribution in [3.8, 4) is 0 Å². The molecule has 0 spiro atoms. The van der Waals surface area contributed by atoms with Gasteiger partial charge in [-0.3, -0.25) is 4.98 Å². The number of ether oxygens (including phenoxy) is 1. The quantitative estimate of drug-likeness (QED) is 0.811. The van der Waals surface area contributed by atoms with Crippen molar-refractivity contribution in [3.63, 3.8) is 0 Å². The van der Waals surface area contributed by atoms with E-state index >= 15 is 0 Å². The van der Waals surface area contributed by atoms with E-state index in [0.29, 0.717) is 17.7 Å². The average Bonchev–Trinajstić information content (AvgIpc) is 2.46. The molecule has 0 aliphatic heterocycles. The Balaban J connectivity index is 1.83. The number of hydrogen-bond acceptors (Lipinski definition) is 3. The number of aromatic nitrogens is 1. The van der Waals surface area contributed by atoms with Gasteiger partial charge in [0.05, 0.1) is 13.2 Å². The Hall–Kier alpha value is -1.78. The molecule has 0 fully saturated rings. The van der Waals surface area contributed by atoms with Crippen molar-refractivity contribution < 1.29 is 9.13 Å². The second-order valence-corrected chi connectivity index (χ2v) is 4.22. The molecule has 1 heterocycles. The lowest BCUT2D eigenvalue weighted by Crippen LogP contribution is -2.05. The number of hydrogen-bond donors (Lipinski definition) is 1. The van der Waals surface area contributed by atoms with Crippen LogP contribution in [0.2, 0.25) is 0 Å². The molecule has 4 heteroatoms. The predicted octanol–water partition coefficient (Wildman–Crippen LogP) is 2.44. The Kier molecular flexibility index (Phi) is 5.01. The highest BCUT2D eigenvalue weighted by Crippen LogP contribution is 2.13. The van der Waals surface area contributed by atoms with Crippen molar-refractivity contribution in [3.05, 3.63) is 65.2 Å². The first-order valence-electron chi connectivity index (χ1n) is 6.25. The summed E-state index contributed by atoms with van der Waals surface area (Å²) < 4.78 is 19.3. The van der Waals surface area contributed by atoms with Gasteiger partial charge in [-0.25, -0.2) is 4.39 Å². The third-order valence-electron chi connectivity index (χ3n) is 2.86. The molecule has 2 rings (SSSR count). The van der Waals surface area contributed by atoms with Crippen LogP contribution in [-0.2, 0) is 24.3 Å². The van der Waals surface area contributed by atoms with Crippen molar-refractivity contribution in [2.75, 3.05) is 6.61 Å². The largest absolute Gasteiger partial charge is 0.376 e. The van der Waals surface area contributed by atoms with Crippen molar-refractivity contribution in [1.29, 1.82) is 0 Å². The highest BCUT2D eigenvalue weighted by molar-refractivity contribution is 5.25. The molecule has 0 unspecified atom stereocenters. The van der Waals surface area contributed by atoms with Crippen LogP contribution in [0.25, 0.3) is 0 Å². The maximum Gasteiger partial charge on any atom is 0.133 e. The van der Waals surface area contributed by atoms with Crippen molar-refractivity contribution in [1.82, 2.24) is 4.98 Å². The Morgan fingerprint density at radius 1 is 1.11 bits per heavy atom. The number of pyridine rings is 1. The number of rotatable bonds is 6. The highest BCUT2D eigenvalue weighted by Gasteiger charge is 2.06. The molecule has 3 nitrogen and oxygen atoms in total. The van der Waals surface area contributed by atoms with Crippen LogP contribution >= 0.6 is 0 Å². The summed E-state index contributed by atoms with van der Waals surface area (Å²) >= 11 is 0. The van der Waals surface area contributed by atoms with Gasteiger partial charge in [-0.15, -0.1) is 0 Å². The van der Waals surface area contributed by atoms with Gasteiger partial charge in [0.25, 0.3) is 0 Å². The molecular formula is C15H17FN2O. The lowest BCUT2D eigenvalue weighted by Gasteiger charge is -2.08. The van der Waals surface area contributed by atoms with Gasteiger partial charge in [-0.1, -0.05) is 24.3 Å². The zero-order valence-corrected chi connectivity index (χ0v) is 10.7. The van der Waals surface area contributed by atoms with Gasteiger partial charge in [0.2, 0.25) is 0 Å². The van der Waals surface area contributed by atoms with Crippen LogP contribution < -0.4 is 5.73 Å². The summed E-state index contributed by atoms with van der Waals surface area (Å²) in [6, 6.07) is 11.0. The normalized spacial score (nSPS) is 10.6. The second-order valence-electron chi connectivity index (χ2n) is 4.22. The van der Waals surface area contributed by atoms with Crippen LogP contribution in [0.3, 0.4) is 0 Å². The van der Waals surface area contributed by atoms with Gasteiger partial charge >= 0.3 is 0 Å². The monoisotopic (exact) mass is 260 g/mol. The van der Waals surface area contributed by atoms with E-state index in [4.69, 9.17) is 10.5 Å². The Labute approximate surface area is 112 Å². The van der Waals surface area contributed by atoms with Gasteiger partial charge < -0.3 is 10.5 Å². The van der Waals surface area contributed by atoms with E-state index in [-0.39, 0.29) is 19.0 Å². The van der Waals surface area contributed by atoms with Crippen molar-refractivity contribution in [2.24, 2.45) is 5.73 Å². The summed E-state index contributed by atoms with van der Waals surface area (Å²) in [4.78, 5) is 4.20. The molecule has 0 saturated carbocycles. The van der Waals surface area contributed by atoms with E-state index in [0.717, 1.165) is 12.1 Å². The maximum atomic E-state index is 13.9. The molecule has 19 heavy (non-hydrogen) atoms. The van der Waals surface area contributed by atoms with Crippen LogP contribution in [-0.4, -0.2) is 11.6 Å². The third kappa shape index (κ3) is 3.84. The second kappa shape index (κ2) is 6.97. The fourth-order valence-corrected chi connectivity index (χ4v) is 1.81. The SMILES string of the molecule is NCc1cccc(COCCc2ccccn2)c1F. The van der Waals surface area contributed by atoms with Gasteiger partial charge in [-0.2, -0.15) is 0 Å². The first-order chi connectivity index (χ1) is 9.31. The molecule has 1 aromatic carbocycles. The number of nitrogens with two attached hydrogens (primary N) is 1. The summed E-state index contributed by atoms with van der Waals surface area (Å²) in [6.07, 6.45) is 2.47. The first kappa shape index (κ1) is 13.6. The molecule has 0 saturated heterocycles. The van der Waals surface area contributed by atoms with E-state index in [9.17, 15) is 4.39 Å². The lowest BCUT2D eigenvalue weighted by molar-refractivity contribution is 0.120. The summed E-state index contributed by atoms with van der Waals surface area (Å²) in [5, 5.41) is 0. The lowest BCUT2D eigenvalue weighted by atomic mass is 10.1. The molecule has 0 radical (unpaired) electrons.